The number of ether oxygens (including phenoxy) is 2. The average molecular weight is 1030 g/mol. The van der Waals surface area contributed by atoms with Gasteiger partial charge in [-0.05, 0) is 38.0 Å². The third kappa shape index (κ3) is 14.5. The molecule has 1 saturated heterocycles. The van der Waals surface area contributed by atoms with Crippen molar-refractivity contribution >= 4 is 71.5 Å². The molecule has 27 nitrogen and oxygen atoms in total. The molecule has 6 rings (SSSR count). The number of carbonyl (C=O) groups is 2. The van der Waals surface area contributed by atoms with Crippen molar-refractivity contribution in [3.8, 4) is 11.1 Å². The van der Waals surface area contributed by atoms with E-state index >= 15 is 0 Å². The summed E-state index contributed by atoms with van der Waals surface area (Å²) in [7, 11) is -13.5. The van der Waals surface area contributed by atoms with Gasteiger partial charge in [-0.25, -0.2) is 27.9 Å². The summed E-state index contributed by atoms with van der Waals surface area (Å²) in [5.41, 5.74) is 6.77. The average Bonchev–Trinajstić information content (AvgIpc) is 3.75. The lowest BCUT2D eigenvalue weighted by molar-refractivity contribution is -0.745. The molecule has 2 amide bonds. The Morgan fingerprint density at radius 2 is 1.77 bits per heavy atom. The molecule has 0 aliphatic carbocycles. The molecular formula is C39H53N9O18P2S+2. The van der Waals surface area contributed by atoms with Gasteiger partial charge in [0.25, 0.3) is 21.6 Å². The van der Waals surface area contributed by atoms with Gasteiger partial charge in [-0.15, -0.1) is 0 Å². The van der Waals surface area contributed by atoms with Crippen LogP contribution >= 0.6 is 15.6 Å². The minimum atomic E-state index is -5.50. The molecule has 1 unspecified atom stereocenters. The molecule has 10 N–H and O–H groups in total. The van der Waals surface area contributed by atoms with E-state index in [1.807, 2.05) is 19.1 Å². The Morgan fingerprint density at radius 1 is 1.04 bits per heavy atom. The maximum atomic E-state index is 13.0. The Hall–Kier alpha value is -5.64. The van der Waals surface area contributed by atoms with E-state index in [0.29, 0.717) is 49.2 Å². The number of nitrogens with one attached hydrogen (secondary N) is 3. The molecule has 0 saturated carbocycles. The molecule has 5 heterocycles. The molecule has 69 heavy (non-hydrogen) atoms. The lowest BCUT2D eigenvalue weighted by Gasteiger charge is -2.23. The van der Waals surface area contributed by atoms with E-state index in [2.05, 4.69) is 34.3 Å². The topological polar surface area (TPSA) is 382 Å². The highest BCUT2D eigenvalue weighted by Crippen LogP contribution is 2.57. The van der Waals surface area contributed by atoms with Crippen LogP contribution in [0.1, 0.15) is 45.3 Å². The van der Waals surface area contributed by atoms with Crippen molar-refractivity contribution in [2.45, 2.75) is 70.1 Å². The van der Waals surface area contributed by atoms with E-state index < -0.39 is 74.2 Å². The van der Waals surface area contributed by atoms with Gasteiger partial charge in [0.05, 0.1) is 25.0 Å². The van der Waals surface area contributed by atoms with Gasteiger partial charge < -0.3 is 54.9 Å². The van der Waals surface area contributed by atoms with Crippen LogP contribution in [0.5, 0.6) is 0 Å². The SMILES string of the molecule is CCN(CCCCCC(=O)NCCNC(=O)O[C@H]1[C@@H](O)[C@H]([n+]2cn(C)c3c(=O)[nH]c(N)nc32)O[C@@H]1COP(=O)(O)OP(=O)(O)O)c1ccc2cc(-c3cc[n+](CCCS(=O)(=O)O)cc3)c(=O)oc2c1. The number of anilines is 2. The van der Waals surface area contributed by atoms with Gasteiger partial charge in [-0.2, -0.15) is 12.7 Å². The quantitative estimate of drug-likeness (QED) is 0.0139. The van der Waals surface area contributed by atoms with Crippen molar-refractivity contribution in [2.24, 2.45) is 7.05 Å². The van der Waals surface area contributed by atoms with Gasteiger partial charge in [0.15, 0.2) is 30.9 Å². The predicted molar refractivity (Wildman–Crippen MR) is 242 cm³/mol. The number of imidazole rings is 1. The summed E-state index contributed by atoms with van der Waals surface area (Å²) in [5, 5.41) is 17.1. The Morgan fingerprint density at radius 3 is 2.46 bits per heavy atom. The van der Waals surface area contributed by atoms with Crippen LogP contribution in [-0.4, -0.2) is 116 Å². The highest BCUT2D eigenvalue weighted by Gasteiger charge is 2.51. The minimum absolute atomic E-state index is 0.00967. The van der Waals surface area contributed by atoms with Gasteiger partial charge in [0.2, 0.25) is 17.7 Å². The number of aromatic nitrogens is 5. The maximum absolute atomic E-state index is 13.0. The number of nitrogens with zero attached hydrogens (tertiary/aromatic N) is 5. The Labute approximate surface area is 392 Å². The summed E-state index contributed by atoms with van der Waals surface area (Å²) < 4.78 is 84.0. The number of rotatable bonds is 23. The number of aryl methyl sites for hydroxylation is 2. The first kappa shape index (κ1) is 52.7. The molecule has 376 valence electrons. The van der Waals surface area contributed by atoms with Gasteiger partial charge in [0, 0.05) is 73.9 Å². The monoisotopic (exact) mass is 1030 g/mol. The molecule has 1 aromatic carbocycles. The molecule has 0 radical (unpaired) electrons. The number of amides is 2. The Bertz CT molecular complexity index is 2980. The number of phosphoric acid groups is 2. The number of unbranched alkanes of at least 4 members (excludes halogenated alkanes) is 2. The maximum Gasteiger partial charge on any atom is 0.481 e. The number of pyridine rings is 1. The number of aliphatic hydroxyl groups excluding tert-OH is 1. The van der Waals surface area contributed by atoms with Gasteiger partial charge in [0.1, 0.15) is 18.2 Å². The minimum Gasteiger partial charge on any atom is -0.440 e. The van der Waals surface area contributed by atoms with Crippen LogP contribution in [0.3, 0.4) is 0 Å². The van der Waals surface area contributed by atoms with E-state index in [4.69, 9.17) is 34.0 Å². The number of nitrogen functional groups attached to an aromatic ring is 1. The smallest absolute Gasteiger partial charge is 0.440 e. The normalized spacial score (nSPS) is 18.3. The zero-order chi connectivity index (χ0) is 50.3. The molecule has 0 spiro atoms. The van der Waals surface area contributed by atoms with E-state index in [1.165, 1.54) is 22.5 Å². The molecule has 30 heteroatoms. The number of alkyl carbamates (subject to hydrolysis) is 1. The summed E-state index contributed by atoms with van der Waals surface area (Å²) in [5.74, 6) is -0.913. The Balaban J connectivity index is 0.946. The fourth-order valence-electron chi connectivity index (χ4n) is 7.58. The standard InChI is InChI=1S/C39H51N9O18P2S/c1-3-47(26-10-9-25-20-27(37(52)64-28(25)21-26)24-11-17-46(18-12-24)15-7-19-69(59,60)61)16-6-4-5-8-30(49)41-13-14-42-39(53)65-33-29(22-62-68(57,58)66-67(54,55)56)63-36(32(33)50)48-23-45(2)31-34(48)43-38(40)44-35(31)51/h9-12,17-18,20-21,23,29,32-33,36,50H,3-8,13-16,19,22H2,1-2H3,(H7-2,40,41,42,43,44,49,51,53,54,55,56,57,58,59,60,61)/p+2/t29-,32-,33-,36-/m1/s1. The van der Waals surface area contributed by atoms with Gasteiger partial charge in [-0.1, -0.05) is 11.4 Å². The number of aliphatic hydroxyl groups is 1. The van der Waals surface area contributed by atoms with Crippen molar-refractivity contribution in [3.63, 3.8) is 0 Å². The molecule has 5 atom stereocenters. The van der Waals surface area contributed by atoms with Crippen LogP contribution in [-0.2, 0) is 55.9 Å². The van der Waals surface area contributed by atoms with Gasteiger partial charge in [-0.3, -0.25) is 28.2 Å². The fraction of sp³-hybridized carbons (Fsp3) is 0.462. The first-order valence-electron chi connectivity index (χ1n) is 21.3. The van der Waals surface area contributed by atoms with Crippen LogP contribution in [0.25, 0.3) is 33.3 Å². The number of hydrogen-bond donors (Lipinski definition) is 9. The number of hydrogen-bond acceptors (Lipinski definition) is 17. The van der Waals surface area contributed by atoms with Crippen LogP contribution in [0, 0.1) is 0 Å². The zero-order valence-electron chi connectivity index (χ0n) is 37.2. The van der Waals surface area contributed by atoms with Crippen LogP contribution in [0.4, 0.5) is 16.4 Å². The summed E-state index contributed by atoms with van der Waals surface area (Å²) in [4.78, 5) is 87.4. The second-order valence-electron chi connectivity index (χ2n) is 15.8. The number of aromatic amines is 1. The molecule has 1 fully saturated rings. The van der Waals surface area contributed by atoms with E-state index in [1.54, 1.807) is 41.2 Å². The summed E-state index contributed by atoms with van der Waals surface area (Å²) >= 11 is 0. The number of phosphoric ester groups is 1. The van der Waals surface area contributed by atoms with Crippen LogP contribution in [0.2, 0.25) is 0 Å². The molecule has 0 bridgehead atoms. The number of benzene rings is 1. The third-order valence-electron chi connectivity index (χ3n) is 10.8. The molecule has 1 aliphatic rings. The number of nitrogens with two attached hydrogens (primary N) is 1. The molecule has 5 aromatic rings. The summed E-state index contributed by atoms with van der Waals surface area (Å²) in [6.45, 7) is 2.55. The first-order chi connectivity index (χ1) is 32.5. The molecule has 4 aromatic heterocycles. The largest absolute Gasteiger partial charge is 0.481 e. The highest BCUT2D eigenvalue weighted by atomic mass is 32.2. The third-order valence-corrected chi connectivity index (χ3v) is 13.7. The number of fused-ring (bicyclic) bond motifs is 2. The van der Waals surface area contributed by atoms with Crippen molar-refractivity contribution in [2.75, 3.05) is 49.2 Å². The predicted octanol–water partition coefficient (Wildman–Crippen LogP) is 0.253. The fourth-order valence-corrected chi connectivity index (χ4v) is 9.67. The van der Waals surface area contributed by atoms with Crippen molar-refractivity contribution in [1.82, 2.24) is 25.2 Å². The van der Waals surface area contributed by atoms with Crippen molar-refractivity contribution in [1.29, 1.82) is 0 Å². The van der Waals surface area contributed by atoms with Crippen LogP contribution in [0.15, 0.2) is 69.1 Å². The van der Waals surface area contributed by atoms with Crippen LogP contribution < -0.4 is 41.6 Å². The van der Waals surface area contributed by atoms with E-state index in [0.717, 1.165) is 17.5 Å². The second-order valence-corrected chi connectivity index (χ2v) is 20.2. The van der Waals surface area contributed by atoms with Crippen molar-refractivity contribution in [3.05, 3.63) is 75.9 Å². The van der Waals surface area contributed by atoms with Crippen molar-refractivity contribution < 1.29 is 83.3 Å². The Kier molecular flexibility index (Phi) is 17.1. The first-order valence-corrected chi connectivity index (χ1v) is 26.0. The summed E-state index contributed by atoms with van der Waals surface area (Å²) in [6.07, 6.45) is -0.364. The van der Waals surface area contributed by atoms with Gasteiger partial charge >= 0.3 is 33.0 Å². The van der Waals surface area contributed by atoms with E-state index in [-0.39, 0.29) is 54.7 Å². The second kappa shape index (κ2) is 22.4. The lowest BCUT2D eigenvalue weighted by atomic mass is 10.1. The number of H-pyrrole nitrogens is 1. The molecular weight excluding hydrogens is 976 g/mol. The highest BCUT2D eigenvalue weighted by molar-refractivity contribution is 7.85. The lowest BCUT2D eigenvalue weighted by Crippen LogP contribution is -2.47. The summed E-state index contributed by atoms with van der Waals surface area (Å²) in [6, 6.07) is 10.8. The number of carbonyl (C=O) groups excluding carboxylic acids is 2. The van der Waals surface area contributed by atoms with E-state index in [9.17, 15) is 46.7 Å². The zero-order valence-corrected chi connectivity index (χ0v) is 39.8. The molecule has 1 aliphatic heterocycles.